The number of aryl methyl sites for hydroxylation is 2. The molecule has 0 saturated carbocycles. The molecule has 0 heterocycles. The Balaban J connectivity index is 2.10. The van der Waals surface area contributed by atoms with E-state index in [0.717, 1.165) is 39.7 Å². The van der Waals surface area contributed by atoms with Crippen LogP contribution in [0.4, 0.5) is 5.69 Å². The fraction of sp³-hybridized carbons (Fsp3) is 0.238. The fourth-order valence-electron chi connectivity index (χ4n) is 2.65. The summed E-state index contributed by atoms with van der Waals surface area (Å²) < 4.78 is 0.988. The fourth-order valence-corrected chi connectivity index (χ4v) is 3.10. The number of benzene rings is 2. The Labute approximate surface area is 163 Å². The van der Waals surface area contributed by atoms with E-state index in [1.165, 1.54) is 6.20 Å². The Bertz CT molecular complexity index is 830. The van der Waals surface area contributed by atoms with Crippen molar-refractivity contribution in [2.45, 2.75) is 33.2 Å². The van der Waals surface area contributed by atoms with Crippen molar-refractivity contribution in [1.82, 2.24) is 5.32 Å². The minimum absolute atomic E-state index is 0.0490. The first-order chi connectivity index (χ1) is 12.6. The summed E-state index contributed by atoms with van der Waals surface area (Å²) in [5.41, 5.74) is 4.05. The second-order valence-corrected chi connectivity index (χ2v) is 6.71. The van der Waals surface area contributed by atoms with Crippen LogP contribution < -0.4 is 10.6 Å². The van der Waals surface area contributed by atoms with Gasteiger partial charge in [0.2, 0.25) is 0 Å². The van der Waals surface area contributed by atoms with E-state index < -0.39 is 5.91 Å². The Morgan fingerprint density at radius 1 is 1.15 bits per heavy atom. The number of hydrogen-bond acceptors (Lipinski definition) is 3. The zero-order chi connectivity index (χ0) is 18.9. The number of para-hydroxylation sites is 1. The van der Waals surface area contributed by atoms with Gasteiger partial charge in [-0.15, -0.1) is 0 Å². The van der Waals surface area contributed by atoms with Gasteiger partial charge in [-0.05, 0) is 41.7 Å². The van der Waals surface area contributed by atoms with Crippen molar-refractivity contribution in [3.63, 3.8) is 0 Å². The van der Waals surface area contributed by atoms with E-state index in [4.69, 9.17) is 0 Å². The van der Waals surface area contributed by atoms with Crippen LogP contribution in [0.5, 0.6) is 0 Å². The van der Waals surface area contributed by atoms with Crippen molar-refractivity contribution in [2.24, 2.45) is 0 Å². The summed E-state index contributed by atoms with van der Waals surface area (Å²) in [5, 5.41) is 15.3. The molecule has 0 radical (unpaired) electrons. The summed E-state index contributed by atoms with van der Waals surface area (Å²) in [5.74, 6) is -0.398. The number of nitrogens with zero attached hydrogens (tertiary/aromatic N) is 1. The third-order valence-electron chi connectivity index (χ3n) is 4.04. The first-order valence-corrected chi connectivity index (χ1v) is 9.38. The molecular weight excluding hydrogens is 390 g/mol. The summed E-state index contributed by atoms with van der Waals surface area (Å²) >= 11 is 3.42. The van der Waals surface area contributed by atoms with Crippen molar-refractivity contribution < 1.29 is 4.79 Å². The molecule has 0 bridgehead atoms. The van der Waals surface area contributed by atoms with E-state index in [-0.39, 0.29) is 5.57 Å². The van der Waals surface area contributed by atoms with Crippen molar-refractivity contribution in [3.8, 4) is 6.07 Å². The van der Waals surface area contributed by atoms with Crippen LogP contribution in [0.25, 0.3) is 0 Å². The van der Waals surface area contributed by atoms with E-state index in [2.05, 4.69) is 26.6 Å². The van der Waals surface area contributed by atoms with Gasteiger partial charge in [0.15, 0.2) is 0 Å². The third-order valence-corrected chi connectivity index (χ3v) is 4.54. The molecular formula is C21H22BrN3O. The highest BCUT2D eigenvalue weighted by atomic mass is 79.9. The second-order valence-electron chi connectivity index (χ2n) is 5.79. The topological polar surface area (TPSA) is 64.9 Å². The lowest BCUT2D eigenvalue weighted by Crippen LogP contribution is -2.18. The van der Waals surface area contributed by atoms with Crippen molar-refractivity contribution in [1.29, 1.82) is 5.26 Å². The number of rotatable bonds is 7. The van der Waals surface area contributed by atoms with Gasteiger partial charge in [-0.1, -0.05) is 60.1 Å². The SMILES string of the molecule is CCc1cccc(CC)c1NC(=O)/C(C#N)=C\NCc1cccc(Br)c1. The Morgan fingerprint density at radius 3 is 2.38 bits per heavy atom. The molecule has 0 saturated heterocycles. The van der Waals surface area contributed by atoms with E-state index in [9.17, 15) is 10.1 Å². The van der Waals surface area contributed by atoms with Crippen LogP contribution >= 0.6 is 15.9 Å². The predicted molar refractivity (Wildman–Crippen MR) is 109 cm³/mol. The monoisotopic (exact) mass is 411 g/mol. The van der Waals surface area contributed by atoms with Crippen LogP contribution in [-0.4, -0.2) is 5.91 Å². The highest BCUT2D eigenvalue weighted by Crippen LogP contribution is 2.23. The maximum absolute atomic E-state index is 12.5. The number of hydrogen-bond donors (Lipinski definition) is 2. The molecule has 0 atom stereocenters. The molecule has 26 heavy (non-hydrogen) atoms. The minimum Gasteiger partial charge on any atom is -0.386 e. The number of halogens is 1. The summed E-state index contributed by atoms with van der Waals surface area (Å²) in [4.78, 5) is 12.5. The number of anilines is 1. The van der Waals surface area contributed by atoms with Crippen molar-refractivity contribution in [3.05, 3.63) is 75.4 Å². The molecule has 5 heteroatoms. The average Bonchev–Trinajstić information content (AvgIpc) is 2.65. The summed E-state index contributed by atoms with van der Waals surface area (Å²) in [6.45, 7) is 4.62. The van der Waals surface area contributed by atoms with Gasteiger partial charge in [-0.2, -0.15) is 5.26 Å². The van der Waals surface area contributed by atoms with Crippen LogP contribution in [0.2, 0.25) is 0 Å². The largest absolute Gasteiger partial charge is 0.386 e. The smallest absolute Gasteiger partial charge is 0.267 e. The van der Waals surface area contributed by atoms with E-state index in [1.807, 2.05) is 62.4 Å². The normalized spacial score (nSPS) is 10.9. The van der Waals surface area contributed by atoms with Crippen molar-refractivity contribution in [2.75, 3.05) is 5.32 Å². The maximum atomic E-state index is 12.5. The maximum Gasteiger partial charge on any atom is 0.267 e. The molecule has 134 valence electrons. The number of nitriles is 1. The van der Waals surface area contributed by atoms with Gasteiger partial charge in [0, 0.05) is 22.9 Å². The predicted octanol–water partition coefficient (Wildman–Crippen LogP) is 4.71. The third kappa shape index (κ3) is 5.21. The van der Waals surface area contributed by atoms with Gasteiger partial charge >= 0.3 is 0 Å². The number of carbonyl (C=O) groups is 1. The zero-order valence-electron chi connectivity index (χ0n) is 15.0. The first-order valence-electron chi connectivity index (χ1n) is 8.59. The molecule has 0 spiro atoms. The molecule has 1 amide bonds. The van der Waals surface area contributed by atoms with Crippen LogP contribution in [0.3, 0.4) is 0 Å². The van der Waals surface area contributed by atoms with Crippen LogP contribution in [0.1, 0.15) is 30.5 Å². The Kier molecular flexibility index (Phi) is 7.43. The number of nitrogens with one attached hydrogen (secondary N) is 2. The van der Waals surface area contributed by atoms with E-state index >= 15 is 0 Å². The number of amides is 1. The summed E-state index contributed by atoms with van der Waals surface area (Å²) in [7, 11) is 0. The molecule has 0 unspecified atom stereocenters. The highest BCUT2D eigenvalue weighted by Gasteiger charge is 2.13. The quantitative estimate of drug-likeness (QED) is 0.511. The van der Waals surface area contributed by atoms with E-state index in [0.29, 0.717) is 6.54 Å². The van der Waals surface area contributed by atoms with Gasteiger partial charge in [0.25, 0.3) is 5.91 Å². The molecule has 0 aliphatic rings. The molecule has 2 N–H and O–H groups in total. The second kappa shape index (κ2) is 9.79. The molecule has 2 aromatic carbocycles. The van der Waals surface area contributed by atoms with Gasteiger partial charge in [-0.25, -0.2) is 0 Å². The Morgan fingerprint density at radius 2 is 1.81 bits per heavy atom. The molecule has 0 fully saturated rings. The molecule has 2 rings (SSSR count). The summed E-state index contributed by atoms with van der Waals surface area (Å²) in [6, 6.07) is 15.8. The molecule has 2 aromatic rings. The summed E-state index contributed by atoms with van der Waals surface area (Å²) in [6.07, 6.45) is 3.10. The lowest BCUT2D eigenvalue weighted by molar-refractivity contribution is -0.112. The lowest BCUT2D eigenvalue weighted by Gasteiger charge is -2.14. The van der Waals surface area contributed by atoms with Gasteiger partial charge in [0.1, 0.15) is 11.6 Å². The van der Waals surface area contributed by atoms with Crippen molar-refractivity contribution >= 4 is 27.5 Å². The highest BCUT2D eigenvalue weighted by molar-refractivity contribution is 9.10. The molecule has 4 nitrogen and oxygen atoms in total. The number of carbonyl (C=O) groups excluding carboxylic acids is 1. The molecule has 0 aromatic heterocycles. The zero-order valence-corrected chi connectivity index (χ0v) is 16.6. The minimum atomic E-state index is -0.398. The first kappa shape index (κ1) is 19.7. The van der Waals surface area contributed by atoms with Crippen LogP contribution in [0, 0.1) is 11.3 Å². The van der Waals surface area contributed by atoms with Gasteiger partial charge < -0.3 is 10.6 Å². The standard InChI is InChI=1S/C21H22BrN3O/c1-3-16-8-6-9-17(4-2)20(16)25-21(26)18(12-23)14-24-13-15-7-5-10-19(22)11-15/h5-11,14,24H,3-4,13H2,1-2H3,(H,25,26)/b18-14-. The average molecular weight is 412 g/mol. The van der Waals surface area contributed by atoms with E-state index in [1.54, 1.807) is 0 Å². The molecule has 0 aliphatic heterocycles. The van der Waals surface area contributed by atoms with Gasteiger partial charge in [-0.3, -0.25) is 4.79 Å². The molecule has 0 aliphatic carbocycles. The lowest BCUT2D eigenvalue weighted by atomic mass is 10.0. The Hall–Kier alpha value is -2.58. The van der Waals surface area contributed by atoms with Crippen LogP contribution in [-0.2, 0) is 24.2 Å². The van der Waals surface area contributed by atoms with Crippen LogP contribution in [0.15, 0.2) is 58.7 Å². The van der Waals surface area contributed by atoms with Gasteiger partial charge in [0.05, 0.1) is 0 Å².